The van der Waals surface area contributed by atoms with E-state index in [1.807, 2.05) is 134 Å². The van der Waals surface area contributed by atoms with Crippen molar-refractivity contribution < 1.29 is 37.9 Å². The standard InChI is InChI=1S/C46H47FN2O7/c1-32-23-24-38(26-40(32)47)25-39-33(2)48-49-45(39)56-46(50)44(54-30-37-21-13-6-14-22-37)43(53-29-36-19-11-5-12-20-36)42(52-28-35-17-9-4-10-18-35)41(55-46)31-51-27-34-15-7-3-8-16-34/h3-24,26,41-44,50H,25,27-31H2,1-2H3,(H,48,49)/t41-,42-,43+,44-,46-/m1/s1. The molecule has 0 saturated carbocycles. The van der Waals surface area contributed by atoms with Gasteiger partial charge in [0.15, 0.2) is 6.10 Å². The molecule has 0 radical (unpaired) electrons. The summed E-state index contributed by atoms with van der Waals surface area (Å²) >= 11 is 0. The molecule has 2 N–H and O–H groups in total. The normalized spacial score (nSPS) is 20.9. The summed E-state index contributed by atoms with van der Waals surface area (Å²) in [5.74, 6) is -2.69. The fourth-order valence-electron chi connectivity index (χ4n) is 6.71. The van der Waals surface area contributed by atoms with E-state index in [-0.39, 0.29) is 44.5 Å². The second kappa shape index (κ2) is 18.6. The van der Waals surface area contributed by atoms with E-state index in [2.05, 4.69) is 10.2 Å². The third-order valence-corrected chi connectivity index (χ3v) is 9.80. The topological polar surface area (TPSA) is 104 Å². The van der Waals surface area contributed by atoms with Crippen LogP contribution >= 0.6 is 0 Å². The van der Waals surface area contributed by atoms with Crippen molar-refractivity contribution in [3.63, 3.8) is 0 Å². The molecule has 56 heavy (non-hydrogen) atoms. The zero-order valence-electron chi connectivity index (χ0n) is 31.6. The van der Waals surface area contributed by atoms with E-state index in [1.165, 1.54) is 6.07 Å². The average molecular weight is 759 g/mol. The highest BCUT2D eigenvalue weighted by Crippen LogP contribution is 2.38. The highest BCUT2D eigenvalue weighted by atomic mass is 19.1. The Kier molecular flexibility index (Phi) is 13.0. The number of aryl methyl sites for hydroxylation is 2. The number of rotatable bonds is 17. The van der Waals surface area contributed by atoms with Gasteiger partial charge in [-0.25, -0.2) is 4.39 Å². The van der Waals surface area contributed by atoms with E-state index in [0.29, 0.717) is 29.0 Å². The smallest absolute Gasteiger partial charge is 0.356 e. The third-order valence-electron chi connectivity index (χ3n) is 9.80. The molecule has 2 heterocycles. The average Bonchev–Trinajstić information content (AvgIpc) is 3.56. The van der Waals surface area contributed by atoms with Crippen molar-refractivity contribution in [1.82, 2.24) is 10.2 Å². The lowest BCUT2D eigenvalue weighted by Gasteiger charge is -2.49. The van der Waals surface area contributed by atoms with E-state index >= 15 is 0 Å². The van der Waals surface area contributed by atoms with Gasteiger partial charge in [-0.1, -0.05) is 133 Å². The molecule has 1 aliphatic rings. The predicted molar refractivity (Wildman–Crippen MR) is 209 cm³/mol. The Hall–Kier alpha value is -5.20. The van der Waals surface area contributed by atoms with Crippen molar-refractivity contribution in [2.24, 2.45) is 0 Å². The van der Waals surface area contributed by atoms with Crippen molar-refractivity contribution in [3.8, 4) is 5.88 Å². The second-order valence-corrected chi connectivity index (χ2v) is 14.0. The molecule has 1 fully saturated rings. The van der Waals surface area contributed by atoms with Crippen molar-refractivity contribution in [3.05, 3.63) is 190 Å². The number of H-pyrrole nitrogens is 1. The largest absolute Gasteiger partial charge is 0.417 e. The van der Waals surface area contributed by atoms with Crippen LogP contribution < -0.4 is 4.74 Å². The first-order chi connectivity index (χ1) is 27.3. The van der Waals surface area contributed by atoms with Crippen LogP contribution in [0.3, 0.4) is 0 Å². The molecule has 1 aliphatic heterocycles. The summed E-state index contributed by atoms with van der Waals surface area (Å²) in [6, 6.07) is 44.1. The SMILES string of the molecule is Cc1ccc(Cc2c(O[C@]3(O)O[C@H](COCc4ccccc4)[C@@H](OCc4ccccc4)[C@H](OCc4ccccc4)[C@H]3OCc3ccccc3)n[nH]c2C)cc1F. The molecular formula is C46H47FN2O7. The second-order valence-electron chi connectivity index (χ2n) is 14.0. The quantitative estimate of drug-likeness (QED) is 0.0899. The molecule has 9 nitrogen and oxygen atoms in total. The third kappa shape index (κ3) is 9.96. The van der Waals surface area contributed by atoms with Crippen LogP contribution in [0.15, 0.2) is 140 Å². The number of hydrogen-bond donors (Lipinski definition) is 2. The summed E-state index contributed by atoms with van der Waals surface area (Å²) in [6.45, 7) is 4.39. The van der Waals surface area contributed by atoms with Crippen LogP contribution in [0.2, 0.25) is 0 Å². The lowest BCUT2D eigenvalue weighted by molar-refractivity contribution is -0.436. The summed E-state index contributed by atoms with van der Waals surface area (Å²) in [4.78, 5) is 0. The minimum Gasteiger partial charge on any atom is -0.417 e. The molecule has 0 unspecified atom stereocenters. The zero-order chi connectivity index (χ0) is 38.7. The van der Waals surface area contributed by atoms with Gasteiger partial charge < -0.3 is 33.5 Å². The fourth-order valence-corrected chi connectivity index (χ4v) is 6.71. The van der Waals surface area contributed by atoms with Crippen LogP contribution in [-0.4, -0.2) is 52.3 Å². The molecule has 0 spiro atoms. The molecule has 1 saturated heterocycles. The molecule has 0 aliphatic carbocycles. The van der Waals surface area contributed by atoms with Crippen LogP contribution in [0, 0.1) is 19.7 Å². The van der Waals surface area contributed by atoms with Gasteiger partial charge >= 0.3 is 5.97 Å². The Bertz CT molecular complexity index is 2100. The number of aromatic nitrogens is 2. The number of halogens is 1. The molecule has 6 aromatic rings. The van der Waals surface area contributed by atoms with Crippen molar-refractivity contribution in [2.45, 2.75) is 77.1 Å². The molecule has 7 rings (SSSR count). The molecule has 0 bridgehead atoms. The molecule has 10 heteroatoms. The van der Waals surface area contributed by atoms with Gasteiger partial charge in [0.2, 0.25) is 5.88 Å². The van der Waals surface area contributed by atoms with Gasteiger partial charge in [-0.3, -0.25) is 5.10 Å². The van der Waals surface area contributed by atoms with Gasteiger partial charge in [0.1, 0.15) is 24.1 Å². The van der Waals surface area contributed by atoms with E-state index < -0.39 is 30.4 Å². The van der Waals surface area contributed by atoms with Crippen LogP contribution in [0.25, 0.3) is 0 Å². The number of aliphatic hydroxyl groups is 1. The van der Waals surface area contributed by atoms with E-state index in [9.17, 15) is 9.50 Å². The number of nitrogens with zero attached hydrogens (tertiary/aromatic N) is 1. The van der Waals surface area contributed by atoms with E-state index in [1.54, 1.807) is 13.0 Å². The summed E-state index contributed by atoms with van der Waals surface area (Å²) in [6.07, 6.45) is -3.63. The number of hydrogen-bond acceptors (Lipinski definition) is 8. The minimum atomic E-state index is -2.46. The first-order valence-corrected chi connectivity index (χ1v) is 18.8. The number of nitrogens with one attached hydrogen (secondary N) is 1. The Morgan fingerprint density at radius 3 is 1.73 bits per heavy atom. The minimum absolute atomic E-state index is 0.0196. The van der Waals surface area contributed by atoms with E-state index in [0.717, 1.165) is 22.3 Å². The summed E-state index contributed by atoms with van der Waals surface area (Å²) in [5.41, 5.74) is 6.26. The fraction of sp³-hybridized carbons (Fsp3) is 0.283. The van der Waals surface area contributed by atoms with Crippen molar-refractivity contribution >= 4 is 0 Å². The van der Waals surface area contributed by atoms with Crippen LogP contribution in [0.1, 0.15) is 44.6 Å². The maximum atomic E-state index is 14.6. The van der Waals surface area contributed by atoms with Gasteiger partial charge in [0, 0.05) is 17.7 Å². The zero-order valence-corrected chi connectivity index (χ0v) is 31.6. The van der Waals surface area contributed by atoms with Crippen LogP contribution in [0.4, 0.5) is 4.39 Å². The van der Waals surface area contributed by atoms with Gasteiger partial charge in [0.25, 0.3) is 0 Å². The van der Waals surface area contributed by atoms with Gasteiger partial charge in [-0.15, -0.1) is 5.10 Å². The maximum Gasteiger partial charge on any atom is 0.356 e. The lowest BCUT2D eigenvalue weighted by atomic mass is 9.96. The lowest BCUT2D eigenvalue weighted by Crippen LogP contribution is -2.69. The maximum absolute atomic E-state index is 14.6. The van der Waals surface area contributed by atoms with E-state index in [4.69, 9.17) is 28.4 Å². The van der Waals surface area contributed by atoms with Crippen LogP contribution in [-0.2, 0) is 56.5 Å². The first kappa shape index (κ1) is 39.1. The van der Waals surface area contributed by atoms with Crippen molar-refractivity contribution in [2.75, 3.05) is 6.61 Å². The molecule has 0 amide bonds. The molecule has 5 aromatic carbocycles. The summed E-state index contributed by atoms with van der Waals surface area (Å²) in [5, 5.41) is 20.2. The number of ether oxygens (including phenoxy) is 6. The summed E-state index contributed by atoms with van der Waals surface area (Å²) in [7, 11) is 0. The Labute approximate surface area is 326 Å². The molecular weight excluding hydrogens is 712 g/mol. The predicted octanol–water partition coefficient (Wildman–Crippen LogP) is 8.15. The Morgan fingerprint density at radius 1 is 0.661 bits per heavy atom. The number of aromatic amines is 1. The monoisotopic (exact) mass is 758 g/mol. The van der Waals surface area contributed by atoms with Gasteiger partial charge in [-0.2, -0.15) is 0 Å². The Balaban J connectivity index is 1.26. The molecule has 1 aromatic heterocycles. The molecule has 290 valence electrons. The highest BCUT2D eigenvalue weighted by Gasteiger charge is 2.59. The first-order valence-electron chi connectivity index (χ1n) is 18.8. The van der Waals surface area contributed by atoms with Gasteiger partial charge in [0.05, 0.1) is 33.0 Å². The van der Waals surface area contributed by atoms with Gasteiger partial charge in [-0.05, 0) is 53.3 Å². The molecule has 5 atom stereocenters. The summed E-state index contributed by atoms with van der Waals surface area (Å²) < 4.78 is 54.1. The Morgan fingerprint density at radius 2 is 1.18 bits per heavy atom. The van der Waals surface area contributed by atoms with Crippen molar-refractivity contribution in [1.29, 1.82) is 0 Å². The number of benzene rings is 5. The highest BCUT2D eigenvalue weighted by molar-refractivity contribution is 5.37. The van der Waals surface area contributed by atoms with Crippen LogP contribution in [0.5, 0.6) is 5.88 Å².